The summed E-state index contributed by atoms with van der Waals surface area (Å²) in [7, 11) is 0. The number of hydrogen-bond donors (Lipinski definition) is 2. The van der Waals surface area contributed by atoms with E-state index in [0.717, 1.165) is 49.8 Å². The molecule has 1 aromatic carbocycles. The Morgan fingerprint density at radius 2 is 1.85 bits per heavy atom. The number of allylic oxidation sites excluding steroid dienone is 1. The quantitative estimate of drug-likeness (QED) is 0.782. The Balaban J connectivity index is 1.54. The van der Waals surface area contributed by atoms with E-state index >= 15 is 0 Å². The normalized spacial score (nSPS) is 20.6. The molecular formula is C21H28N4O2. The lowest BCUT2D eigenvalue weighted by atomic mass is 9.85. The van der Waals surface area contributed by atoms with Crippen molar-refractivity contribution in [2.24, 2.45) is 11.8 Å². The van der Waals surface area contributed by atoms with Gasteiger partial charge in [0.2, 0.25) is 0 Å². The summed E-state index contributed by atoms with van der Waals surface area (Å²) in [5.74, 6) is 6.37. The van der Waals surface area contributed by atoms with Crippen LogP contribution in [0.3, 0.4) is 0 Å². The summed E-state index contributed by atoms with van der Waals surface area (Å²) in [6.45, 7) is 2.43. The lowest BCUT2D eigenvalue weighted by Gasteiger charge is -2.23. The van der Waals surface area contributed by atoms with E-state index in [2.05, 4.69) is 5.32 Å². The van der Waals surface area contributed by atoms with Crippen molar-refractivity contribution in [1.82, 2.24) is 10.3 Å². The van der Waals surface area contributed by atoms with Crippen molar-refractivity contribution >= 4 is 17.4 Å². The molecule has 0 spiro atoms. The Morgan fingerprint density at radius 1 is 1.11 bits per heavy atom. The second kappa shape index (κ2) is 7.35. The summed E-state index contributed by atoms with van der Waals surface area (Å²) in [4.78, 5) is 27.2. The van der Waals surface area contributed by atoms with Gasteiger partial charge in [-0.2, -0.15) is 0 Å². The summed E-state index contributed by atoms with van der Waals surface area (Å²) >= 11 is 0. The number of nitrogens with zero attached hydrogens (tertiary/aromatic N) is 2. The molecule has 0 aromatic heterocycles. The van der Waals surface area contributed by atoms with Crippen LogP contribution in [-0.2, 0) is 4.79 Å². The number of hydrogen-bond acceptors (Lipinski definition) is 5. The van der Waals surface area contributed by atoms with E-state index in [-0.39, 0.29) is 17.6 Å². The predicted octanol–water partition coefficient (Wildman–Crippen LogP) is 2.83. The van der Waals surface area contributed by atoms with Crippen LogP contribution in [0, 0.1) is 12.8 Å². The predicted molar refractivity (Wildman–Crippen MR) is 105 cm³/mol. The van der Waals surface area contributed by atoms with Crippen molar-refractivity contribution in [2.75, 3.05) is 11.6 Å². The number of carbonyl (C=O) groups excluding carboxylic acids is 2. The summed E-state index contributed by atoms with van der Waals surface area (Å²) in [5.41, 5.74) is 3.19. The van der Waals surface area contributed by atoms with Gasteiger partial charge in [-0.05, 0) is 50.3 Å². The number of Topliss-reactive ketones (excluding diaryl/α,β-unsaturated/α-hetero) is 1. The molecule has 0 saturated heterocycles. The number of anilines is 1. The molecule has 0 bridgehead atoms. The molecule has 6 heteroatoms. The van der Waals surface area contributed by atoms with E-state index in [9.17, 15) is 9.59 Å². The van der Waals surface area contributed by atoms with Crippen molar-refractivity contribution in [1.29, 1.82) is 0 Å². The molecule has 27 heavy (non-hydrogen) atoms. The van der Waals surface area contributed by atoms with Crippen LogP contribution >= 0.6 is 0 Å². The molecule has 4 rings (SSSR count). The largest absolute Gasteiger partial charge is 0.349 e. The highest BCUT2D eigenvalue weighted by Gasteiger charge is 2.31. The maximum atomic E-state index is 12.9. The molecule has 0 unspecified atom stereocenters. The molecule has 2 aliphatic carbocycles. The van der Waals surface area contributed by atoms with Crippen molar-refractivity contribution < 1.29 is 9.59 Å². The number of nitrogens with one attached hydrogen (secondary N) is 1. The summed E-state index contributed by atoms with van der Waals surface area (Å²) < 4.78 is 0. The van der Waals surface area contributed by atoms with Crippen molar-refractivity contribution in [2.45, 2.75) is 57.9 Å². The molecule has 1 heterocycles. The zero-order valence-corrected chi connectivity index (χ0v) is 15.9. The van der Waals surface area contributed by atoms with Crippen LogP contribution in [0.1, 0.15) is 60.9 Å². The second-order valence-corrected chi connectivity index (χ2v) is 8.04. The maximum absolute atomic E-state index is 12.9. The average Bonchev–Trinajstić information content (AvgIpc) is 3.41. The molecule has 0 radical (unpaired) electrons. The van der Waals surface area contributed by atoms with E-state index in [1.807, 2.05) is 36.2 Å². The van der Waals surface area contributed by atoms with Gasteiger partial charge in [-0.25, -0.2) is 5.84 Å². The SMILES string of the molecule is Cc1ccc(C(=O)NC2CC2)cc1N1C=C(C(=O)C2CCCCC2)N(N)C1. The minimum absolute atomic E-state index is 0.0370. The molecule has 1 amide bonds. The number of hydrazine groups is 1. The van der Waals surface area contributed by atoms with Crippen LogP contribution < -0.4 is 16.1 Å². The molecule has 3 N–H and O–H groups in total. The summed E-state index contributed by atoms with van der Waals surface area (Å²) in [5, 5.41) is 4.56. The fourth-order valence-electron chi connectivity index (χ4n) is 3.98. The number of carbonyl (C=O) groups is 2. The van der Waals surface area contributed by atoms with Crippen LogP contribution in [0.25, 0.3) is 0 Å². The van der Waals surface area contributed by atoms with Crippen LogP contribution in [0.2, 0.25) is 0 Å². The van der Waals surface area contributed by atoms with Gasteiger partial charge in [0, 0.05) is 29.4 Å². The van der Waals surface area contributed by atoms with Gasteiger partial charge in [-0.15, -0.1) is 0 Å². The Kier molecular flexibility index (Phi) is 4.91. The Morgan fingerprint density at radius 3 is 2.56 bits per heavy atom. The van der Waals surface area contributed by atoms with Crippen LogP contribution in [0.15, 0.2) is 30.1 Å². The van der Waals surface area contributed by atoms with E-state index in [1.165, 1.54) is 11.4 Å². The van der Waals surface area contributed by atoms with E-state index < -0.39 is 0 Å². The monoisotopic (exact) mass is 368 g/mol. The zero-order valence-electron chi connectivity index (χ0n) is 15.9. The molecule has 1 aromatic rings. The molecule has 144 valence electrons. The highest BCUT2D eigenvalue weighted by atomic mass is 16.1. The van der Waals surface area contributed by atoms with E-state index in [4.69, 9.17) is 5.84 Å². The molecule has 2 saturated carbocycles. The van der Waals surface area contributed by atoms with Gasteiger partial charge in [0.25, 0.3) is 5.91 Å². The van der Waals surface area contributed by atoms with Crippen LogP contribution in [0.5, 0.6) is 0 Å². The van der Waals surface area contributed by atoms with Gasteiger partial charge >= 0.3 is 0 Å². The molecule has 6 nitrogen and oxygen atoms in total. The standard InChI is InChI=1S/C21H28N4O2/c1-14-7-8-16(21(27)23-17-9-10-17)11-18(14)24-12-19(25(22)13-24)20(26)15-5-3-2-4-6-15/h7-8,11-12,15,17H,2-6,9-10,13,22H2,1H3,(H,23,27). The number of ketones is 1. The summed E-state index contributed by atoms with van der Waals surface area (Å²) in [6, 6.07) is 6.02. The fraction of sp³-hybridized carbons (Fsp3) is 0.524. The number of aryl methyl sites for hydroxylation is 1. The van der Waals surface area contributed by atoms with Gasteiger partial charge in [0.05, 0.1) is 0 Å². The molecule has 2 fully saturated rings. The van der Waals surface area contributed by atoms with E-state index in [1.54, 1.807) is 0 Å². The van der Waals surface area contributed by atoms with Crippen LogP contribution in [0.4, 0.5) is 5.69 Å². The minimum atomic E-state index is -0.0370. The second-order valence-electron chi connectivity index (χ2n) is 8.04. The topological polar surface area (TPSA) is 78.7 Å². The first-order chi connectivity index (χ1) is 13.0. The van der Waals surface area contributed by atoms with Crippen molar-refractivity contribution in [3.63, 3.8) is 0 Å². The Labute approximate surface area is 160 Å². The highest BCUT2D eigenvalue weighted by molar-refractivity contribution is 5.98. The zero-order chi connectivity index (χ0) is 19.0. The first-order valence-corrected chi connectivity index (χ1v) is 9.99. The Bertz CT molecular complexity index is 778. The first kappa shape index (κ1) is 18.0. The molecule has 3 aliphatic rings. The number of rotatable bonds is 5. The smallest absolute Gasteiger partial charge is 0.251 e. The number of amides is 1. The van der Waals surface area contributed by atoms with Gasteiger partial charge in [0.1, 0.15) is 12.4 Å². The number of nitrogens with two attached hydrogens (primary N) is 1. The fourth-order valence-corrected chi connectivity index (χ4v) is 3.98. The van der Waals surface area contributed by atoms with E-state index in [0.29, 0.717) is 24.0 Å². The molecule has 1 aliphatic heterocycles. The van der Waals surface area contributed by atoms with Crippen LogP contribution in [-0.4, -0.2) is 29.4 Å². The minimum Gasteiger partial charge on any atom is -0.349 e. The lowest BCUT2D eigenvalue weighted by molar-refractivity contribution is -0.121. The van der Waals surface area contributed by atoms with Gasteiger partial charge in [-0.1, -0.05) is 25.3 Å². The Hall–Kier alpha value is -2.34. The third kappa shape index (κ3) is 3.86. The highest BCUT2D eigenvalue weighted by Crippen LogP contribution is 2.31. The van der Waals surface area contributed by atoms with Gasteiger partial charge in [0.15, 0.2) is 5.78 Å². The van der Waals surface area contributed by atoms with Crippen molar-refractivity contribution in [3.8, 4) is 0 Å². The molecular weight excluding hydrogens is 340 g/mol. The third-order valence-electron chi connectivity index (χ3n) is 5.81. The first-order valence-electron chi connectivity index (χ1n) is 9.99. The summed E-state index contributed by atoms with van der Waals surface area (Å²) in [6.07, 6.45) is 9.35. The average molecular weight is 368 g/mol. The van der Waals surface area contributed by atoms with Crippen molar-refractivity contribution in [3.05, 3.63) is 41.2 Å². The lowest BCUT2D eigenvalue weighted by Crippen LogP contribution is -2.36. The third-order valence-corrected chi connectivity index (χ3v) is 5.81. The van der Waals surface area contributed by atoms with Gasteiger partial charge in [-0.3, -0.25) is 14.6 Å². The number of benzene rings is 1. The van der Waals surface area contributed by atoms with Gasteiger partial charge < -0.3 is 10.2 Å². The molecule has 0 atom stereocenters. The maximum Gasteiger partial charge on any atom is 0.251 e.